The van der Waals surface area contributed by atoms with Crippen molar-refractivity contribution in [2.45, 2.75) is 0 Å². The molecule has 0 amide bonds. The lowest BCUT2D eigenvalue weighted by Crippen LogP contribution is -1.97. The van der Waals surface area contributed by atoms with Crippen molar-refractivity contribution >= 4 is 17.3 Å². The van der Waals surface area contributed by atoms with Gasteiger partial charge in [-0.2, -0.15) is 10.1 Å². The second kappa shape index (κ2) is 4.88. The lowest BCUT2D eigenvalue weighted by molar-refractivity contribution is -0.385. The number of nitrogens with zero attached hydrogens (tertiary/aromatic N) is 4. The highest BCUT2D eigenvalue weighted by Crippen LogP contribution is 2.30. The number of nitro benzene ring substituents is 1. The van der Waals surface area contributed by atoms with Crippen LogP contribution in [0.5, 0.6) is 11.6 Å². The Morgan fingerprint density at radius 2 is 2.22 bits per heavy atom. The standard InChI is InChI=1S/C9H4ClFN4O3/c10-9-13-8(4-12-14-9)18-7-3-5(11)1-2-6(7)15(16)17/h1-4H. The molecule has 1 aromatic carbocycles. The second-order valence-electron chi connectivity index (χ2n) is 3.03. The van der Waals surface area contributed by atoms with Gasteiger partial charge < -0.3 is 4.74 Å². The van der Waals surface area contributed by atoms with Crippen LogP contribution in [0.4, 0.5) is 10.1 Å². The van der Waals surface area contributed by atoms with Crippen molar-refractivity contribution in [1.82, 2.24) is 15.2 Å². The highest BCUT2D eigenvalue weighted by Gasteiger charge is 2.17. The van der Waals surface area contributed by atoms with E-state index in [0.717, 1.165) is 24.4 Å². The minimum Gasteiger partial charge on any atom is -0.430 e. The predicted octanol–water partition coefficient (Wildman–Crippen LogP) is 2.36. The quantitative estimate of drug-likeness (QED) is 0.628. The van der Waals surface area contributed by atoms with Crippen LogP contribution in [-0.2, 0) is 0 Å². The first-order valence-electron chi connectivity index (χ1n) is 4.53. The lowest BCUT2D eigenvalue weighted by atomic mass is 10.3. The number of aromatic nitrogens is 3. The minimum absolute atomic E-state index is 0.122. The number of rotatable bonds is 3. The van der Waals surface area contributed by atoms with Crippen LogP contribution in [0.15, 0.2) is 24.4 Å². The predicted molar refractivity (Wildman–Crippen MR) is 58.0 cm³/mol. The van der Waals surface area contributed by atoms with E-state index in [9.17, 15) is 14.5 Å². The topological polar surface area (TPSA) is 91.0 Å². The van der Waals surface area contributed by atoms with Crippen LogP contribution in [0.2, 0.25) is 5.28 Å². The van der Waals surface area contributed by atoms with Gasteiger partial charge in [0.25, 0.3) is 0 Å². The average molecular weight is 271 g/mol. The molecule has 0 unspecified atom stereocenters. The SMILES string of the molecule is O=[N+]([O-])c1ccc(F)cc1Oc1cnnc(Cl)n1. The van der Waals surface area contributed by atoms with Crippen molar-refractivity contribution in [3.63, 3.8) is 0 Å². The zero-order chi connectivity index (χ0) is 13.1. The lowest BCUT2D eigenvalue weighted by Gasteiger charge is -2.04. The van der Waals surface area contributed by atoms with E-state index in [1.807, 2.05) is 0 Å². The molecule has 0 atom stereocenters. The Morgan fingerprint density at radius 3 is 2.89 bits per heavy atom. The number of hydrogen-bond acceptors (Lipinski definition) is 6. The van der Waals surface area contributed by atoms with Crippen LogP contribution >= 0.6 is 11.6 Å². The summed E-state index contributed by atoms with van der Waals surface area (Å²) < 4.78 is 18.1. The molecule has 18 heavy (non-hydrogen) atoms. The highest BCUT2D eigenvalue weighted by molar-refractivity contribution is 6.28. The number of benzene rings is 1. The summed E-state index contributed by atoms with van der Waals surface area (Å²) in [4.78, 5) is 13.6. The molecule has 0 aliphatic rings. The van der Waals surface area contributed by atoms with E-state index in [0.29, 0.717) is 0 Å². The molecule has 2 aromatic rings. The Kier molecular flexibility index (Phi) is 3.28. The number of hydrogen-bond donors (Lipinski definition) is 0. The zero-order valence-electron chi connectivity index (χ0n) is 8.58. The van der Waals surface area contributed by atoms with E-state index in [1.165, 1.54) is 0 Å². The first kappa shape index (κ1) is 12.1. The maximum absolute atomic E-state index is 13.0. The molecule has 0 saturated heterocycles. The molecule has 0 fully saturated rings. The molecule has 0 bridgehead atoms. The summed E-state index contributed by atoms with van der Waals surface area (Å²) in [6.45, 7) is 0. The van der Waals surface area contributed by atoms with Crippen molar-refractivity contribution in [3.8, 4) is 11.6 Å². The Morgan fingerprint density at radius 1 is 1.44 bits per heavy atom. The largest absolute Gasteiger partial charge is 0.430 e. The smallest absolute Gasteiger partial charge is 0.311 e. The molecule has 9 heteroatoms. The molecular formula is C9H4ClFN4O3. The number of halogens is 2. The van der Waals surface area contributed by atoms with Crippen molar-refractivity contribution in [3.05, 3.63) is 45.6 Å². The van der Waals surface area contributed by atoms with Crippen molar-refractivity contribution in [2.75, 3.05) is 0 Å². The van der Waals surface area contributed by atoms with Gasteiger partial charge >= 0.3 is 5.69 Å². The fourth-order valence-electron chi connectivity index (χ4n) is 1.15. The van der Waals surface area contributed by atoms with E-state index in [-0.39, 0.29) is 16.9 Å². The van der Waals surface area contributed by atoms with Gasteiger partial charge in [0.2, 0.25) is 16.9 Å². The van der Waals surface area contributed by atoms with Gasteiger partial charge in [0.05, 0.1) is 4.92 Å². The third-order valence-corrected chi connectivity index (χ3v) is 2.00. The normalized spacial score (nSPS) is 10.1. The van der Waals surface area contributed by atoms with Gasteiger partial charge in [-0.3, -0.25) is 10.1 Å². The molecule has 0 N–H and O–H groups in total. The second-order valence-corrected chi connectivity index (χ2v) is 3.37. The molecule has 0 aliphatic carbocycles. The van der Waals surface area contributed by atoms with Crippen molar-refractivity contribution < 1.29 is 14.1 Å². The summed E-state index contributed by atoms with van der Waals surface area (Å²) in [6, 6.07) is 2.81. The third-order valence-electron chi connectivity index (χ3n) is 1.84. The fourth-order valence-corrected chi connectivity index (χ4v) is 1.28. The van der Waals surface area contributed by atoms with Crippen LogP contribution in [0.3, 0.4) is 0 Å². The van der Waals surface area contributed by atoms with Crippen LogP contribution in [0.25, 0.3) is 0 Å². The van der Waals surface area contributed by atoms with Gasteiger partial charge in [-0.15, -0.1) is 5.10 Å². The molecule has 0 spiro atoms. The fraction of sp³-hybridized carbons (Fsp3) is 0. The van der Waals surface area contributed by atoms with Gasteiger partial charge in [0.15, 0.2) is 0 Å². The third kappa shape index (κ3) is 2.66. The van der Waals surface area contributed by atoms with Crippen LogP contribution in [0.1, 0.15) is 0 Å². The summed E-state index contributed by atoms with van der Waals surface area (Å²) in [5.74, 6) is -1.09. The van der Waals surface area contributed by atoms with Gasteiger partial charge in [-0.25, -0.2) is 4.39 Å². The first-order chi connectivity index (χ1) is 8.56. The molecular weight excluding hydrogens is 267 g/mol. The summed E-state index contributed by atoms with van der Waals surface area (Å²) in [6.07, 6.45) is 1.10. The number of ether oxygens (including phenoxy) is 1. The summed E-state index contributed by atoms with van der Waals surface area (Å²) in [5.41, 5.74) is -0.397. The van der Waals surface area contributed by atoms with Crippen molar-refractivity contribution in [1.29, 1.82) is 0 Å². The average Bonchev–Trinajstić information content (AvgIpc) is 2.28. The van der Waals surface area contributed by atoms with Crippen LogP contribution < -0.4 is 4.74 Å². The van der Waals surface area contributed by atoms with E-state index < -0.39 is 16.4 Å². The first-order valence-corrected chi connectivity index (χ1v) is 4.91. The Labute approximate surface area is 104 Å². The maximum Gasteiger partial charge on any atom is 0.311 e. The van der Waals surface area contributed by atoms with E-state index in [2.05, 4.69) is 15.2 Å². The Balaban J connectivity index is 2.39. The molecule has 0 radical (unpaired) electrons. The molecule has 0 saturated carbocycles. The van der Waals surface area contributed by atoms with Gasteiger partial charge in [-0.1, -0.05) is 0 Å². The van der Waals surface area contributed by atoms with E-state index in [1.54, 1.807) is 0 Å². The molecule has 0 aliphatic heterocycles. The minimum atomic E-state index is -0.703. The van der Waals surface area contributed by atoms with Gasteiger partial charge in [-0.05, 0) is 17.7 Å². The summed E-state index contributed by atoms with van der Waals surface area (Å²) in [7, 11) is 0. The zero-order valence-corrected chi connectivity index (χ0v) is 9.33. The Bertz CT molecular complexity index is 610. The van der Waals surface area contributed by atoms with Gasteiger partial charge in [0.1, 0.15) is 12.0 Å². The molecule has 92 valence electrons. The Hall–Kier alpha value is -2.35. The number of nitro groups is 1. The van der Waals surface area contributed by atoms with E-state index in [4.69, 9.17) is 16.3 Å². The van der Waals surface area contributed by atoms with E-state index >= 15 is 0 Å². The maximum atomic E-state index is 13.0. The van der Waals surface area contributed by atoms with Crippen LogP contribution in [0, 0.1) is 15.9 Å². The summed E-state index contributed by atoms with van der Waals surface area (Å²) >= 11 is 5.47. The summed E-state index contributed by atoms with van der Waals surface area (Å²) in [5, 5.41) is 17.3. The molecule has 2 rings (SSSR count). The molecule has 7 nitrogen and oxygen atoms in total. The monoisotopic (exact) mass is 270 g/mol. The molecule has 1 heterocycles. The van der Waals surface area contributed by atoms with Gasteiger partial charge in [0, 0.05) is 12.1 Å². The van der Waals surface area contributed by atoms with Crippen LogP contribution in [-0.4, -0.2) is 20.1 Å². The highest BCUT2D eigenvalue weighted by atomic mass is 35.5. The van der Waals surface area contributed by atoms with Crippen molar-refractivity contribution in [2.24, 2.45) is 0 Å². The molecule has 1 aromatic heterocycles.